The summed E-state index contributed by atoms with van der Waals surface area (Å²) in [6, 6.07) is 22.3. The molecule has 0 aliphatic heterocycles. The Morgan fingerprint density at radius 2 is 1.42 bits per heavy atom. The van der Waals surface area contributed by atoms with Gasteiger partial charge in [-0.05, 0) is 29.9 Å². The lowest BCUT2D eigenvalue weighted by atomic mass is 9.65. The van der Waals surface area contributed by atoms with E-state index in [1.54, 1.807) is 5.56 Å². The van der Waals surface area contributed by atoms with Crippen molar-refractivity contribution in [2.24, 2.45) is 5.92 Å². The molecule has 5 rings (SSSR count). The molecular weight excluding hydrogens is 296 g/mol. The van der Waals surface area contributed by atoms with Crippen molar-refractivity contribution in [3.05, 3.63) is 71.8 Å². The average Bonchev–Trinajstić information content (AvgIpc) is 3.33. The minimum atomic E-state index is 0.368. The number of hydrogen-bond acceptors (Lipinski definition) is 0. The molecule has 0 aromatic heterocycles. The molecule has 2 aromatic carbocycles. The monoisotopic (exact) mass is 310 g/mol. The van der Waals surface area contributed by atoms with E-state index in [1.165, 1.54) is 18.4 Å². The van der Waals surface area contributed by atoms with Crippen LogP contribution in [-0.2, 0) is 10.8 Å². The summed E-state index contributed by atoms with van der Waals surface area (Å²) >= 11 is 4.07. The topological polar surface area (TPSA) is 0 Å². The van der Waals surface area contributed by atoms with Gasteiger partial charge >= 0.3 is 0 Å². The van der Waals surface area contributed by atoms with Gasteiger partial charge < -0.3 is 0 Å². The molecule has 0 amide bonds. The summed E-state index contributed by atoms with van der Waals surface area (Å²) in [6.07, 6.45) is 2.67. The normalized spacial score (nSPS) is 44.8. The summed E-state index contributed by atoms with van der Waals surface area (Å²) in [5.74, 6) is 0.850. The van der Waals surface area contributed by atoms with Gasteiger partial charge in [0.2, 0.25) is 0 Å². The highest BCUT2D eigenvalue weighted by atomic mass is 79.9. The van der Waals surface area contributed by atoms with Gasteiger partial charge in [-0.1, -0.05) is 76.6 Å². The maximum Gasteiger partial charge on any atom is 0.0410 e. The molecule has 3 aliphatic rings. The lowest BCUT2D eigenvalue weighted by Gasteiger charge is -2.42. The molecule has 3 aliphatic carbocycles. The Balaban J connectivity index is 1.69. The molecule has 94 valence electrons. The van der Waals surface area contributed by atoms with Crippen LogP contribution in [0.4, 0.5) is 0 Å². The van der Waals surface area contributed by atoms with Crippen molar-refractivity contribution < 1.29 is 0 Å². The van der Waals surface area contributed by atoms with Crippen molar-refractivity contribution in [1.82, 2.24) is 0 Å². The first-order chi connectivity index (χ1) is 9.26. The second-order valence-electron chi connectivity index (χ2n) is 6.40. The Kier molecular flexibility index (Phi) is 1.68. The van der Waals surface area contributed by atoms with Crippen molar-refractivity contribution in [2.45, 2.75) is 28.0 Å². The van der Waals surface area contributed by atoms with E-state index in [0.717, 1.165) is 5.92 Å². The van der Waals surface area contributed by atoms with Gasteiger partial charge in [0.1, 0.15) is 0 Å². The Hall–Kier alpha value is -1.08. The van der Waals surface area contributed by atoms with Gasteiger partial charge in [0.25, 0.3) is 0 Å². The Bertz CT molecular complexity index is 665. The molecule has 0 heterocycles. The van der Waals surface area contributed by atoms with Gasteiger partial charge in [0.15, 0.2) is 0 Å². The van der Waals surface area contributed by atoms with E-state index in [4.69, 9.17) is 0 Å². The van der Waals surface area contributed by atoms with Crippen LogP contribution in [0.25, 0.3) is 0 Å². The van der Waals surface area contributed by atoms with E-state index in [-0.39, 0.29) is 0 Å². The van der Waals surface area contributed by atoms with Crippen LogP contribution in [0.2, 0.25) is 0 Å². The summed E-state index contributed by atoms with van der Waals surface area (Å²) in [5, 5.41) is 0. The smallest absolute Gasteiger partial charge is 0.0410 e. The minimum Gasteiger partial charge on any atom is -0.0839 e. The summed E-state index contributed by atoms with van der Waals surface area (Å²) in [5.41, 5.74) is 3.88. The molecule has 4 atom stereocenters. The number of hydrogen-bond donors (Lipinski definition) is 0. The van der Waals surface area contributed by atoms with Gasteiger partial charge in [-0.3, -0.25) is 0 Å². The molecule has 0 unspecified atom stereocenters. The lowest BCUT2D eigenvalue weighted by Crippen LogP contribution is -2.45. The summed E-state index contributed by atoms with van der Waals surface area (Å²) in [4.78, 5) is 0. The quantitative estimate of drug-likeness (QED) is 0.720. The van der Waals surface area contributed by atoms with Gasteiger partial charge in [-0.2, -0.15) is 0 Å². The number of halogens is 1. The maximum atomic E-state index is 4.07. The highest BCUT2D eigenvalue weighted by Crippen LogP contribution is 2.96. The fourth-order valence-electron chi connectivity index (χ4n) is 5.12. The number of benzene rings is 2. The Morgan fingerprint density at radius 3 is 1.95 bits per heavy atom. The van der Waals surface area contributed by atoms with Crippen molar-refractivity contribution in [1.29, 1.82) is 0 Å². The molecule has 0 saturated heterocycles. The van der Waals surface area contributed by atoms with Crippen molar-refractivity contribution >= 4 is 15.9 Å². The molecule has 0 N–H and O–H groups in total. The molecule has 0 nitrogen and oxygen atoms in total. The molecule has 2 aromatic rings. The fraction of sp³-hybridized carbons (Fsp3) is 0.333. The van der Waals surface area contributed by atoms with Crippen LogP contribution in [-0.4, -0.2) is 4.32 Å². The fourth-order valence-corrected chi connectivity index (χ4v) is 6.68. The molecule has 19 heavy (non-hydrogen) atoms. The van der Waals surface area contributed by atoms with Crippen LogP contribution in [0.15, 0.2) is 60.7 Å². The first-order valence-corrected chi connectivity index (χ1v) is 7.85. The Labute approximate surface area is 122 Å². The zero-order valence-electron chi connectivity index (χ0n) is 10.6. The van der Waals surface area contributed by atoms with Gasteiger partial charge in [0.05, 0.1) is 0 Å². The summed E-state index contributed by atoms with van der Waals surface area (Å²) in [7, 11) is 0. The van der Waals surface area contributed by atoms with Crippen LogP contribution < -0.4 is 0 Å². The van der Waals surface area contributed by atoms with E-state index >= 15 is 0 Å². The molecule has 0 spiro atoms. The maximum absolute atomic E-state index is 4.07. The van der Waals surface area contributed by atoms with E-state index in [2.05, 4.69) is 76.6 Å². The third-order valence-electron chi connectivity index (χ3n) is 5.94. The number of fused-ring (bicyclic) bond motifs is 4. The van der Waals surface area contributed by atoms with Crippen LogP contribution in [0.1, 0.15) is 24.0 Å². The average molecular weight is 311 g/mol. The molecule has 3 saturated carbocycles. The second kappa shape index (κ2) is 2.98. The third-order valence-corrected chi connectivity index (χ3v) is 7.45. The molecule has 3 fully saturated rings. The summed E-state index contributed by atoms with van der Waals surface area (Å²) < 4.78 is 0.400. The summed E-state index contributed by atoms with van der Waals surface area (Å²) in [6.45, 7) is 0. The van der Waals surface area contributed by atoms with Crippen LogP contribution in [0.3, 0.4) is 0 Å². The molecule has 0 bridgehead atoms. The lowest BCUT2D eigenvalue weighted by molar-refractivity contribution is 0.341. The largest absolute Gasteiger partial charge is 0.0839 e. The van der Waals surface area contributed by atoms with E-state index < -0.39 is 0 Å². The highest BCUT2D eigenvalue weighted by Gasteiger charge is 2.98. The number of rotatable bonds is 2. The Morgan fingerprint density at radius 1 is 0.842 bits per heavy atom. The number of alkyl halides is 1. The van der Waals surface area contributed by atoms with Crippen LogP contribution >= 0.6 is 15.9 Å². The molecular formula is C18H15Br. The predicted octanol–water partition coefficient (Wildman–Crippen LogP) is 4.43. The second-order valence-corrected chi connectivity index (χ2v) is 7.82. The zero-order chi connectivity index (χ0) is 12.7. The van der Waals surface area contributed by atoms with Crippen molar-refractivity contribution in [2.75, 3.05) is 0 Å². The first-order valence-electron chi connectivity index (χ1n) is 7.06. The van der Waals surface area contributed by atoms with Crippen molar-refractivity contribution in [3.63, 3.8) is 0 Å². The van der Waals surface area contributed by atoms with Gasteiger partial charge in [-0.15, -0.1) is 0 Å². The first kappa shape index (κ1) is 10.7. The standard InChI is InChI=1S/C18H15Br/c19-18-12-17(18,14-9-5-2-6-10-14)16(11-15(16)18)13-7-3-1-4-8-13/h1-10,15H,11-12H2/t15-,16+,17+,18+/m1/s1. The van der Waals surface area contributed by atoms with E-state index in [1.807, 2.05) is 0 Å². The third kappa shape index (κ3) is 0.922. The predicted molar refractivity (Wildman–Crippen MR) is 80.6 cm³/mol. The SMILES string of the molecule is Br[C@]12C[C@]1(c1ccccc1)[C@]1(c3ccccc3)C[C@H]12. The van der Waals surface area contributed by atoms with Gasteiger partial charge in [0, 0.05) is 15.2 Å². The van der Waals surface area contributed by atoms with E-state index in [9.17, 15) is 0 Å². The minimum absolute atomic E-state index is 0.368. The van der Waals surface area contributed by atoms with Crippen LogP contribution in [0, 0.1) is 5.92 Å². The molecule has 1 heteroatoms. The van der Waals surface area contributed by atoms with Gasteiger partial charge in [-0.25, -0.2) is 0 Å². The highest BCUT2D eigenvalue weighted by molar-refractivity contribution is 9.10. The van der Waals surface area contributed by atoms with E-state index in [0.29, 0.717) is 15.2 Å². The molecule has 0 radical (unpaired) electrons. The van der Waals surface area contributed by atoms with Crippen molar-refractivity contribution in [3.8, 4) is 0 Å². The van der Waals surface area contributed by atoms with Crippen LogP contribution in [0.5, 0.6) is 0 Å². The zero-order valence-corrected chi connectivity index (χ0v) is 12.2.